The van der Waals surface area contributed by atoms with Gasteiger partial charge >= 0.3 is 5.51 Å². The first kappa shape index (κ1) is 15.4. The fourth-order valence-corrected chi connectivity index (χ4v) is 2.10. The molecular weight excluding hydrogens is 289 g/mol. The topological polar surface area (TPSA) is 34.9 Å². The average molecular weight is 301 g/mol. The summed E-state index contributed by atoms with van der Waals surface area (Å²) in [5.74, 6) is 0.0782. The highest BCUT2D eigenvalue weighted by atomic mass is 35.5. The highest BCUT2D eigenvalue weighted by molar-refractivity contribution is 8.00. The molecule has 0 bridgehead atoms. The van der Waals surface area contributed by atoms with Crippen LogP contribution in [0.1, 0.15) is 25.6 Å². The summed E-state index contributed by atoms with van der Waals surface area (Å²) in [5, 5.41) is 0.0587. The van der Waals surface area contributed by atoms with Gasteiger partial charge < -0.3 is 0 Å². The molecule has 1 rings (SSSR count). The zero-order chi connectivity index (χ0) is 13.9. The van der Waals surface area contributed by atoms with Gasteiger partial charge in [-0.25, -0.2) is 4.98 Å². The van der Waals surface area contributed by atoms with E-state index in [9.17, 15) is 18.0 Å². The Bertz CT molecular complexity index is 473. The zero-order valence-electron chi connectivity index (χ0n) is 9.79. The Kier molecular flexibility index (Phi) is 5.10. The molecule has 0 spiro atoms. The molecule has 0 N–H and O–H groups in total. The van der Waals surface area contributed by atoms with Gasteiger partial charge in [0.2, 0.25) is 0 Å². The summed E-state index contributed by atoms with van der Waals surface area (Å²) in [6, 6.07) is 1.10. The minimum Gasteiger partial charge on any atom is -0.296 e. The van der Waals surface area contributed by atoms with Crippen molar-refractivity contribution in [2.24, 2.45) is 0 Å². The van der Waals surface area contributed by atoms with Crippen LogP contribution in [0.15, 0.2) is 10.9 Å². The van der Waals surface area contributed by atoms with Crippen LogP contribution in [0.25, 0.3) is 0 Å². The van der Waals surface area contributed by atoms with Gasteiger partial charge in [0.1, 0.15) is 11.0 Å². The summed E-state index contributed by atoms with van der Waals surface area (Å²) >= 11 is 5.50. The highest BCUT2D eigenvalue weighted by Gasteiger charge is 2.27. The Morgan fingerprint density at radius 3 is 2.61 bits per heavy atom. The monoisotopic (exact) mass is 300 g/mol. The number of nitrogens with zero attached hydrogens (tertiary/aromatic N) is 2. The van der Waals surface area contributed by atoms with Crippen LogP contribution in [-0.2, 0) is 6.54 Å². The standard InChI is InChI=1S/C10H12ClF3N2OS/c1-6(2)9-15-7(11)5-8(17)16(9)3-4-18-10(12,13)14/h5-6H,3-4H2,1-2H3. The molecule has 18 heavy (non-hydrogen) atoms. The first-order valence-electron chi connectivity index (χ1n) is 5.18. The van der Waals surface area contributed by atoms with E-state index < -0.39 is 11.1 Å². The van der Waals surface area contributed by atoms with Crippen molar-refractivity contribution < 1.29 is 13.2 Å². The van der Waals surface area contributed by atoms with Crippen LogP contribution in [-0.4, -0.2) is 20.8 Å². The van der Waals surface area contributed by atoms with Crippen LogP contribution in [0.4, 0.5) is 13.2 Å². The van der Waals surface area contributed by atoms with Crippen LogP contribution in [0.2, 0.25) is 5.15 Å². The third-order valence-corrected chi connectivity index (χ3v) is 3.01. The van der Waals surface area contributed by atoms with Crippen LogP contribution < -0.4 is 5.56 Å². The number of hydrogen-bond donors (Lipinski definition) is 0. The Morgan fingerprint density at radius 2 is 2.11 bits per heavy atom. The van der Waals surface area contributed by atoms with Gasteiger partial charge in [-0.15, -0.1) is 0 Å². The Morgan fingerprint density at radius 1 is 1.50 bits per heavy atom. The minimum atomic E-state index is -4.29. The van der Waals surface area contributed by atoms with Crippen molar-refractivity contribution in [1.29, 1.82) is 0 Å². The van der Waals surface area contributed by atoms with Crippen LogP contribution in [0, 0.1) is 0 Å². The molecule has 1 aromatic rings. The average Bonchev–Trinajstić information content (AvgIpc) is 2.18. The predicted octanol–water partition coefficient (Wildman–Crippen LogP) is 3.27. The van der Waals surface area contributed by atoms with Crippen molar-refractivity contribution in [3.63, 3.8) is 0 Å². The zero-order valence-corrected chi connectivity index (χ0v) is 11.4. The molecule has 0 aliphatic carbocycles. The van der Waals surface area contributed by atoms with Crippen molar-refractivity contribution in [1.82, 2.24) is 9.55 Å². The molecule has 0 aliphatic heterocycles. The molecule has 0 radical (unpaired) electrons. The number of thioether (sulfide) groups is 1. The van der Waals surface area contributed by atoms with Crippen LogP contribution in [0.5, 0.6) is 0 Å². The Labute approximate surface area is 111 Å². The lowest BCUT2D eigenvalue weighted by Crippen LogP contribution is -2.26. The number of rotatable bonds is 4. The lowest BCUT2D eigenvalue weighted by molar-refractivity contribution is -0.0328. The van der Waals surface area contributed by atoms with Crippen molar-refractivity contribution in [3.05, 3.63) is 27.4 Å². The fourth-order valence-electron chi connectivity index (χ4n) is 1.41. The SMILES string of the molecule is CC(C)c1nc(Cl)cc(=O)n1CCSC(F)(F)F. The second kappa shape index (κ2) is 5.97. The van der Waals surface area contributed by atoms with E-state index in [-0.39, 0.29) is 35.1 Å². The van der Waals surface area contributed by atoms with Gasteiger partial charge in [0.25, 0.3) is 5.56 Å². The quantitative estimate of drug-likeness (QED) is 0.801. The van der Waals surface area contributed by atoms with Gasteiger partial charge in [-0.1, -0.05) is 25.4 Å². The van der Waals surface area contributed by atoms with Gasteiger partial charge in [-0.2, -0.15) is 13.2 Å². The molecule has 3 nitrogen and oxygen atoms in total. The molecule has 0 unspecified atom stereocenters. The van der Waals surface area contributed by atoms with Gasteiger partial charge in [0.15, 0.2) is 0 Å². The van der Waals surface area contributed by atoms with Crippen molar-refractivity contribution in [3.8, 4) is 0 Å². The maximum absolute atomic E-state index is 12.0. The van der Waals surface area contributed by atoms with E-state index in [2.05, 4.69) is 4.98 Å². The van der Waals surface area contributed by atoms with Gasteiger partial charge in [0.05, 0.1) is 0 Å². The van der Waals surface area contributed by atoms with Crippen LogP contribution >= 0.6 is 23.4 Å². The molecule has 1 heterocycles. The predicted molar refractivity (Wildman–Crippen MR) is 66.1 cm³/mol. The van der Waals surface area contributed by atoms with Gasteiger partial charge in [-0.05, 0) is 11.8 Å². The molecule has 0 amide bonds. The molecule has 0 atom stereocenters. The summed E-state index contributed by atoms with van der Waals surface area (Å²) in [4.78, 5) is 15.7. The summed E-state index contributed by atoms with van der Waals surface area (Å²) < 4.78 is 37.3. The second-order valence-electron chi connectivity index (χ2n) is 3.88. The molecule has 8 heteroatoms. The fraction of sp³-hybridized carbons (Fsp3) is 0.600. The van der Waals surface area contributed by atoms with E-state index >= 15 is 0 Å². The largest absolute Gasteiger partial charge is 0.441 e. The Balaban J connectivity index is 2.91. The molecule has 102 valence electrons. The maximum Gasteiger partial charge on any atom is 0.441 e. The molecule has 0 aliphatic rings. The number of aromatic nitrogens is 2. The molecular formula is C10H12ClF3N2OS. The van der Waals surface area contributed by atoms with E-state index in [4.69, 9.17) is 11.6 Å². The van der Waals surface area contributed by atoms with Crippen molar-refractivity contribution >= 4 is 23.4 Å². The molecule has 1 aromatic heterocycles. The minimum absolute atomic E-state index is 0.0410. The number of hydrogen-bond acceptors (Lipinski definition) is 3. The van der Waals surface area contributed by atoms with E-state index in [1.165, 1.54) is 4.57 Å². The normalized spacial score (nSPS) is 12.2. The van der Waals surface area contributed by atoms with Gasteiger partial charge in [0, 0.05) is 24.3 Å². The molecule has 0 saturated carbocycles. The summed E-state index contributed by atoms with van der Waals surface area (Å²) in [6.07, 6.45) is 0. The third kappa shape index (κ3) is 4.53. The maximum atomic E-state index is 12.0. The smallest absolute Gasteiger partial charge is 0.296 e. The molecule has 0 saturated heterocycles. The highest BCUT2D eigenvalue weighted by Crippen LogP contribution is 2.30. The van der Waals surface area contributed by atoms with E-state index in [0.717, 1.165) is 6.07 Å². The summed E-state index contributed by atoms with van der Waals surface area (Å²) in [7, 11) is 0. The first-order chi connectivity index (χ1) is 8.20. The molecule has 0 aromatic carbocycles. The van der Waals surface area contributed by atoms with Gasteiger partial charge in [-0.3, -0.25) is 9.36 Å². The summed E-state index contributed by atoms with van der Waals surface area (Å²) in [5.41, 5.74) is -4.72. The first-order valence-corrected chi connectivity index (χ1v) is 6.55. The molecule has 0 fully saturated rings. The van der Waals surface area contributed by atoms with Crippen molar-refractivity contribution in [2.75, 3.05) is 5.75 Å². The van der Waals surface area contributed by atoms with E-state index in [1.807, 2.05) is 0 Å². The van der Waals surface area contributed by atoms with E-state index in [0.29, 0.717) is 5.82 Å². The third-order valence-electron chi connectivity index (χ3n) is 2.10. The van der Waals surface area contributed by atoms with Crippen molar-refractivity contribution in [2.45, 2.75) is 31.8 Å². The van der Waals surface area contributed by atoms with E-state index in [1.54, 1.807) is 13.8 Å². The number of alkyl halides is 3. The number of halogens is 4. The Hall–Kier alpha value is -0.690. The lowest BCUT2D eigenvalue weighted by atomic mass is 10.2. The lowest BCUT2D eigenvalue weighted by Gasteiger charge is -2.14. The summed E-state index contributed by atoms with van der Waals surface area (Å²) in [6.45, 7) is 3.55. The van der Waals surface area contributed by atoms with Crippen LogP contribution in [0.3, 0.4) is 0 Å². The second-order valence-corrected chi connectivity index (χ2v) is 5.42.